The van der Waals surface area contributed by atoms with Crippen LogP contribution in [0.1, 0.15) is 19.5 Å². The number of rotatable bonds is 3. The van der Waals surface area contributed by atoms with Crippen molar-refractivity contribution in [2.75, 3.05) is 6.61 Å². The molecular weight excluding hydrogens is 169 g/mol. The Hall–Kier alpha value is -0.960. The van der Waals surface area contributed by atoms with E-state index in [1.165, 1.54) is 12.3 Å². The van der Waals surface area contributed by atoms with Gasteiger partial charge in [-0.3, -0.25) is 4.98 Å². The topological polar surface area (TPSA) is 33.1 Å². The normalized spacial score (nSPS) is 11.7. The SMILES string of the molecule is CC(C)(CO)Cc1ccc(F)cn1. The van der Waals surface area contributed by atoms with Crippen LogP contribution in [0.5, 0.6) is 0 Å². The number of hydrogen-bond acceptors (Lipinski definition) is 2. The molecule has 3 heteroatoms. The predicted molar refractivity (Wildman–Crippen MR) is 48.8 cm³/mol. The summed E-state index contributed by atoms with van der Waals surface area (Å²) >= 11 is 0. The molecule has 72 valence electrons. The Morgan fingerprint density at radius 3 is 2.62 bits per heavy atom. The van der Waals surface area contributed by atoms with E-state index in [0.29, 0.717) is 6.42 Å². The Bertz CT molecular complexity index is 269. The molecule has 1 rings (SSSR count). The maximum absolute atomic E-state index is 12.5. The molecule has 0 saturated carbocycles. The number of aliphatic hydroxyl groups excluding tert-OH is 1. The highest BCUT2D eigenvalue weighted by atomic mass is 19.1. The largest absolute Gasteiger partial charge is 0.396 e. The van der Waals surface area contributed by atoms with Crippen LogP contribution < -0.4 is 0 Å². The van der Waals surface area contributed by atoms with Crippen LogP contribution in [0.25, 0.3) is 0 Å². The van der Waals surface area contributed by atoms with Gasteiger partial charge in [-0.05, 0) is 24.0 Å². The van der Waals surface area contributed by atoms with Crippen molar-refractivity contribution >= 4 is 0 Å². The summed E-state index contributed by atoms with van der Waals surface area (Å²) in [5, 5.41) is 9.01. The van der Waals surface area contributed by atoms with Crippen molar-refractivity contribution in [3.05, 3.63) is 29.8 Å². The number of nitrogens with zero attached hydrogens (tertiary/aromatic N) is 1. The molecule has 2 nitrogen and oxygen atoms in total. The van der Waals surface area contributed by atoms with E-state index in [1.54, 1.807) is 6.07 Å². The minimum atomic E-state index is -0.328. The lowest BCUT2D eigenvalue weighted by molar-refractivity contribution is 0.158. The molecule has 0 saturated heterocycles. The first-order valence-electron chi connectivity index (χ1n) is 4.25. The lowest BCUT2D eigenvalue weighted by Gasteiger charge is -2.20. The number of aliphatic hydroxyl groups is 1. The van der Waals surface area contributed by atoms with Gasteiger partial charge in [-0.2, -0.15) is 0 Å². The highest BCUT2D eigenvalue weighted by Gasteiger charge is 2.17. The third-order valence-electron chi connectivity index (χ3n) is 1.88. The number of pyridine rings is 1. The molecule has 1 N–H and O–H groups in total. The molecule has 0 spiro atoms. The van der Waals surface area contributed by atoms with Gasteiger partial charge in [0.25, 0.3) is 0 Å². The van der Waals surface area contributed by atoms with Crippen molar-refractivity contribution in [2.45, 2.75) is 20.3 Å². The Balaban J connectivity index is 2.69. The zero-order valence-electron chi connectivity index (χ0n) is 7.92. The van der Waals surface area contributed by atoms with E-state index in [-0.39, 0.29) is 17.8 Å². The maximum atomic E-state index is 12.5. The van der Waals surface area contributed by atoms with Crippen LogP contribution in [-0.4, -0.2) is 16.7 Å². The minimum Gasteiger partial charge on any atom is -0.396 e. The fourth-order valence-electron chi connectivity index (χ4n) is 1.06. The molecule has 0 aliphatic heterocycles. The van der Waals surface area contributed by atoms with Crippen molar-refractivity contribution in [3.63, 3.8) is 0 Å². The van der Waals surface area contributed by atoms with E-state index in [9.17, 15) is 4.39 Å². The first-order valence-corrected chi connectivity index (χ1v) is 4.25. The predicted octanol–water partition coefficient (Wildman–Crippen LogP) is 1.78. The van der Waals surface area contributed by atoms with Gasteiger partial charge in [0.15, 0.2) is 0 Å². The quantitative estimate of drug-likeness (QED) is 0.774. The van der Waals surface area contributed by atoms with Crippen molar-refractivity contribution < 1.29 is 9.50 Å². The van der Waals surface area contributed by atoms with Crippen molar-refractivity contribution in [3.8, 4) is 0 Å². The van der Waals surface area contributed by atoms with Gasteiger partial charge in [-0.1, -0.05) is 13.8 Å². The molecule has 0 amide bonds. The van der Waals surface area contributed by atoms with Gasteiger partial charge in [0.05, 0.1) is 6.20 Å². The van der Waals surface area contributed by atoms with Gasteiger partial charge < -0.3 is 5.11 Å². The molecule has 1 aromatic heterocycles. The summed E-state index contributed by atoms with van der Waals surface area (Å²) < 4.78 is 12.5. The second-order valence-electron chi connectivity index (χ2n) is 3.97. The molecule has 0 unspecified atom stereocenters. The van der Waals surface area contributed by atoms with E-state index in [0.717, 1.165) is 5.69 Å². The molecular formula is C10H14FNO. The summed E-state index contributed by atoms with van der Waals surface area (Å²) in [6, 6.07) is 3.03. The molecule has 1 heterocycles. The first kappa shape index (κ1) is 10.1. The van der Waals surface area contributed by atoms with E-state index in [1.807, 2.05) is 13.8 Å². The van der Waals surface area contributed by atoms with Crippen LogP contribution in [-0.2, 0) is 6.42 Å². The van der Waals surface area contributed by atoms with E-state index in [4.69, 9.17) is 5.11 Å². The fourth-order valence-corrected chi connectivity index (χ4v) is 1.06. The summed E-state index contributed by atoms with van der Waals surface area (Å²) in [6.07, 6.45) is 1.85. The van der Waals surface area contributed by atoms with Crippen molar-refractivity contribution in [2.24, 2.45) is 5.41 Å². The average Bonchev–Trinajstić information content (AvgIpc) is 2.09. The van der Waals surface area contributed by atoms with Crippen LogP contribution in [0, 0.1) is 11.2 Å². The van der Waals surface area contributed by atoms with Crippen molar-refractivity contribution in [1.82, 2.24) is 4.98 Å². The van der Waals surface area contributed by atoms with Gasteiger partial charge >= 0.3 is 0 Å². The van der Waals surface area contributed by atoms with Gasteiger partial charge in [0.2, 0.25) is 0 Å². The summed E-state index contributed by atoms with van der Waals surface area (Å²) in [5.41, 5.74) is 0.616. The molecule has 0 aromatic carbocycles. The van der Waals surface area contributed by atoms with Gasteiger partial charge in [-0.15, -0.1) is 0 Å². The van der Waals surface area contributed by atoms with E-state index >= 15 is 0 Å². The maximum Gasteiger partial charge on any atom is 0.141 e. The Kier molecular flexibility index (Phi) is 2.98. The monoisotopic (exact) mass is 183 g/mol. The van der Waals surface area contributed by atoms with Crippen LogP contribution in [0.4, 0.5) is 4.39 Å². The van der Waals surface area contributed by atoms with Gasteiger partial charge in [0.1, 0.15) is 5.82 Å². The minimum absolute atomic E-state index is 0.103. The third kappa shape index (κ3) is 3.11. The summed E-state index contributed by atoms with van der Waals surface area (Å²) in [7, 11) is 0. The number of hydrogen-bond donors (Lipinski definition) is 1. The summed E-state index contributed by atoms with van der Waals surface area (Å²) in [4.78, 5) is 3.93. The zero-order valence-corrected chi connectivity index (χ0v) is 7.92. The highest BCUT2D eigenvalue weighted by Crippen LogP contribution is 2.19. The smallest absolute Gasteiger partial charge is 0.141 e. The van der Waals surface area contributed by atoms with Crippen molar-refractivity contribution in [1.29, 1.82) is 0 Å². The fraction of sp³-hybridized carbons (Fsp3) is 0.500. The number of halogens is 1. The molecule has 0 aliphatic rings. The lowest BCUT2D eigenvalue weighted by atomic mass is 9.89. The molecule has 0 aliphatic carbocycles. The van der Waals surface area contributed by atoms with Crippen LogP contribution in [0.2, 0.25) is 0 Å². The van der Waals surface area contributed by atoms with Gasteiger partial charge in [-0.25, -0.2) is 4.39 Å². The summed E-state index contributed by atoms with van der Waals surface area (Å²) in [5.74, 6) is -0.328. The van der Waals surface area contributed by atoms with E-state index < -0.39 is 0 Å². The van der Waals surface area contributed by atoms with E-state index in [2.05, 4.69) is 4.98 Å². The molecule has 13 heavy (non-hydrogen) atoms. The number of aromatic nitrogens is 1. The molecule has 0 bridgehead atoms. The van der Waals surface area contributed by atoms with Crippen LogP contribution in [0.15, 0.2) is 18.3 Å². The Morgan fingerprint density at radius 1 is 1.46 bits per heavy atom. The Labute approximate surface area is 77.4 Å². The Morgan fingerprint density at radius 2 is 2.15 bits per heavy atom. The standard InChI is InChI=1S/C10H14FNO/c1-10(2,7-13)5-9-4-3-8(11)6-12-9/h3-4,6,13H,5,7H2,1-2H3. The zero-order chi connectivity index (χ0) is 9.90. The molecule has 0 fully saturated rings. The molecule has 0 atom stereocenters. The lowest BCUT2D eigenvalue weighted by Crippen LogP contribution is -2.20. The third-order valence-corrected chi connectivity index (χ3v) is 1.88. The molecule has 0 radical (unpaired) electrons. The first-order chi connectivity index (χ1) is 6.03. The van der Waals surface area contributed by atoms with Crippen LogP contribution >= 0.6 is 0 Å². The second-order valence-corrected chi connectivity index (χ2v) is 3.97. The van der Waals surface area contributed by atoms with Crippen LogP contribution in [0.3, 0.4) is 0 Å². The molecule has 1 aromatic rings. The average molecular weight is 183 g/mol. The summed E-state index contributed by atoms with van der Waals surface area (Å²) in [6.45, 7) is 3.99. The highest BCUT2D eigenvalue weighted by molar-refractivity contribution is 5.07. The van der Waals surface area contributed by atoms with Gasteiger partial charge in [0, 0.05) is 12.3 Å². The second kappa shape index (κ2) is 3.83.